The minimum absolute atomic E-state index is 0.0902. The molecule has 8 heteroatoms. The molecule has 138 valence electrons. The van der Waals surface area contributed by atoms with Crippen molar-refractivity contribution in [2.75, 3.05) is 33.6 Å². The lowest BCUT2D eigenvalue weighted by atomic mass is 10.1. The van der Waals surface area contributed by atoms with Gasteiger partial charge in [-0.1, -0.05) is 6.07 Å². The van der Waals surface area contributed by atoms with E-state index in [1.165, 1.54) is 6.08 Å². The molecule has 1 fully saturated rings. The quantitative estimate of drug-likeness (QED) is 0.764. The number of amides is 1. The lowest BCUT2D eigenvalue weighted by molar-refractivity contribution is -0.126. The molecule has 2 rings (SSSR count). The number of piperidine rings is 1. The molecule has 1 aromatic rings. The highest BCUT2D eigenvalue weighted by Gasteiger charge is 2.23. The third-order valence-electron chi connectivity index (χ3n) is 4.01. The third kappa shape index (κ3) is 5.75. The maximum Gasteiger partial charge on any atom is 0.246 e. The summed E-state index contributed by atoms with van der Waals surface area (Å²) >= 11 is 0. The fourth-order valence-electron chi connectivity index (χ4n) is 2.75. The first-order valence-electron chi connectivity index (χ1n) is 7.98. The number of sulfonamides is 1. The summed E-state index contributed by atoms with van der Waals surface area (Å²) in [7, 11) is -0.0804. The van der Waals surface area contributed by atoms with Gasteiger partial charge in [-0.05, 0) is 36.6 Å². The molecule has 0 saturated carbocycles. The summed E-state index contributed by atoms with van der Waals surface area (Å²) in [6.45, 7) is 1.06. The van der Waals surface area contributed by atoms with E-state index in [0.717, 1.165) is 11.8 Å². The molecule has 0 unspecified atom stereocenters. The number of hydrogen-bond acceptors (Lipinski definition) is 5. The molecule has 1 aliphatic heterocycles. The Hall–Kier alpha value is -2.06. The van der Waals surface area contributed by atoms with E-state index in [1.807, 2.05) is 6.07 Å². The van der Waals surface area contributed by atoms with E-state index >= 15 is 0 Å². The van der Waals surface area contributed by atoms with E-state index in [2.05, 4.69) is 4.72 Å². The van der Waals surface area contributed by atoms with Gasteiger partial charge < -0.3 is 14.4 Å². The molecule has 0 radical (unpaired) electrons. The fraction of sp³-hybridized carbons (Fsp3) is 0.471. The van der Waals surface area contributed by atoms with Crippen molar-refractivity contribution in [3.05, 3.63) is 29.8 Å². The fourth-order valence-corrected chi connectivity index (χ4v) is 3.59. The molecular weight excluding hydrogens is 344 g/mol. The van der Waals surface area contributed by atoms with E-state index in [0.29, 0.717) is 37.4 Å². The molecule has 1 aromatic carbocycles. The number of nitrogens with one attached hydrogen (secondary N) is 1. The number of nitrogens with zero attached hydrogens (tertiary/aromatic N) is 1. The van der Waals surface area contributed by atoms with Crippen LogP contribution < -0.4 is 14.2 Å². The van der Waals surface area contributed by atoms with Gasteiger partial charge in [0.05, 0.1) is 20.5 Å². The van der Waals surface area contributed by atoms with E-state index in [-0.39, 0.29) is 11.9 Å². The Bertz CT molecular complexity index is 737. The summed E-state index contributed by atoms with van der Waals surface area (Å²) < 4.78 is 35.5. The molecule has 1 amide bonds. The van der Waals surface area contributed by atoms with E-state index in [9.17, 15) is 13.2 Å². The normalized spacial score (nSPS) is 16.2. The van der Waals surface area contributed by atoms with Gasteiger partial charge in [-0.25, -0.2) is 13.1 Å². The van der Waals surface area contributed by atoms with Crippen molar-refractivity contribution in [2.24, 2.45) is 0 Å². The number of methoxy groups -OCH3 is 2. The average Bonchev–Trinajstić information content (AvgIpc) is 2.58. The maximum atomic E-state index is 12.3. The zero-order valence-corrected chi connectivity index (χ0v) is 15.5. The van der Waals surface area contributed by atoms with Crippen molar-refractivity contribution >= 4 is 22.0 Å². The number of rotatable bonds is 6. The summed E-state index contributed by atoms with van der Waals surface area (Å²) in [5.74, 6) is 1.14. The Morgan fingerprint density at radius 2 is 1.84 bits per heavy atom. The van der Waals surface area contributed by atoms with E-state index in [1.54, 1.807) is 37.3 Å². The van der Waals surface area contributed by atoms with Crippen LogP contribution in [0.5, 0.6) is 11.5 Å². The van der Waals surface area contributed by atoms with Crippen LogP contribution in [0.4, 0.5) is 0 Å². The van der Waals surface area contributed by atoms with Gasteiger partial charge in [-0.2, -0.15) is 0 Å². The first kappa shape index (κ1) is 19.3. The highest BCUT2D eigenvalue weighted by Crippen LogP contribution is 2.28. The van der Waals surface area contributed by atoms with Crippen LogP contribution in [0.25, 0.3) is 6.08 Å². The number of carbonyl (C=O) groups excluding carboxylic acids is 1. The van der Waals surface area contributed by atoms with Crippen LogP contribution >= 0.6 is 0 Å². The molecular formula is C17H24N2O5S. The molecule has 7 nitrogen and oxygen atoms in total. The second kappa shape index (κ2) is 8.35. The molecule has 0 bridgehead atoms. The standard InChI is InChI=1S/C17H24N2O5S/c1-23-15-6-4-13(12-16(15)24-2)5-7-17(20)19-10-8-14(9-11-19)18-25(3,21)22/h4-7,12,14,18H,8-11H2,1-3H3/b7-5+. The SMILES string of the molecule is COc1ccc(/C=C/C(=O)N2CCC(NS(C)(=O)=O)CC2)cc1OC. The van der Waals surface area contributed by atoms with Gasteiger partial charge in [0.2, 0.25) is 15.9 Å². The molecule has 0 spiro atoms. The monoisotopic (exact) mass is 368 g/mol. The van der Waals surface area contributed by atoms with Crippen molar-refractivity contribution < 1.29 is 22.7 Å². The smallest absolute Gasteiger partial charge is 0.246 e. The summed E-state index contributed by atoms with van der Waals surface area (Å²) in [5.41, 5.74) is 0.833. The molecule has 1 aliphatic rings. The highest BCUT2D eigenvalue weighted by atomic mass is 32.2. The Balaban J connectivity index is 1.93. The number of likely N-dealkylation sites (tertiary alicyclic amines) is 1. The van der Waals surface area contributed by atoms with Crippen molar-refractivity contribution in [2.45, 2.75) is 18.9 Å². The molecule has 0 aliphatic carbocycles. The molecule has 0 atom stereocenters. The van der Waals surface area contributed by atoms with E-state index in [4.69, 9.17) is 9.47 Å². The highest BCUT2D eigenvalue weighted by molar-refractivity contribution is 7.88. The van der Waals surface area contributed by atoms with Crippen LogP contribution in [0.1, 0.15) is 18.4 Å². The zero-order chi connectivity index (χ0) is 18.4. The first-order chi connectivity index (χ1) is 11.8. The largest absolute Gasteiger partial charge is 0.493 e. The van der Waals surface area contributed by atoms with Crippen molar-refractivity contribution in [1.82, 2.24) is 9.62 Å². The van der Waals surface area contributed by atoms with Crippen molar-refractivity contribution in [3.8, 4) is 11.5 Å². The van der Waals surface area contributed by atoms with Crippen LogP contribution in [-0.4, -0.2) is 58.8 Å². The average molecular weight is 368 g/mol. The number of ether oxygens (including phenoxy) is 2. The summed E-state index contributed by atoms with van der Waals surface area (Å²) in [4.78, 5) is 14.0. The van der Waals surface area contributed by atoms with Crippen molar-refractivity contribution in [1.29, 1.82) is 0 Å². The minimum Gasteiger partial charge on any atom is -0.493 e. The van der Waals surface area contributed by atoms with Crippen LogP contribution in [-0.2, 0) is 14.8 Å². The number of benzene rings is 1. The Kier molecular flexibility index (Phi) is 6.44. The predicted molar refractivity (Wildman–Crippen MR) is 96.2 cm³/mol. The predicted octanol–water partition coefficient (Wildman–Crippen LogP) is 1.26. The molecule has 1 N–H and O–H groups in total. The van der Waals surface area contributed by atoms with Crippen LogP contribution in [0.15, 0.2) is 24.3 Å². The summed E-state index contributed by atoms with van der Waals surface area (Å²) in [6, 6.07) is 5.32. The second-order valence-electron chi connectivity index (χ2n) is 5.94. The van der Waals surface area contributed by atoms with Crippen LogP contribution in [0, 0.1) is 0 Å². The summed E-state index contributed by atoms with van der Waals surface area (Å²) in [6.07, 6.45) is 5.62. The van der Waals surface area contributed by atoms with Crippen molar-refractivity contribution in [3.63, 3.8) is 0 Å². The van der Waals surface area contributed by atoms with Crippen LogP contribution in [0.3, 0.4) is 0 Å². The molecule has 0 aromatic heterocycles. The van der Waals surface area contributed by atoms with Gasteiger partial charge in [0.25, 0.3) is 0 Å². The Labute approximate surface area is 148 Å². The topological polar surface area (TPSA) is 84.9 Å². The van der Waals surface area contributed by atoms with E-state index < -0.39 is 10.0 Å². The lowest BCUT2D eigenvalue weighted by Crippen LogP contribution is -2.45. The Morgan fingerprint density at radius 1 is 1.20 bits per heavy atom. The Morgan fingerprint density at radius 3 is 2.40 bits per heavy atom. The van der Waals surface area contributed by atoms with Gasteiger partial charge in [-0.3, -0.25) is 4.79 Å². The number of hydrogen-bond donors (Lipinski definition) is 1. The van der Waals surface area contributed by atoms with Gasteiger partial charge in [-0.15, -0.1) is 0 Å². The maximum absolute atomic E-state index is 12.3. The molecule has 1 saturated heterocycles. The second-order valence-corrected chi connectivity index (χ2v) is 7.72. The van der Waals surface area contributed by atoms with Crippen LogP contribution in [0.2, 0.25) is 0 Å². The molecule has 25 heavy (non-hydrogen) atoms. The number of carbonyl (C=O) groups is 1. The van der Waals surface area contributed by atoms with Gasteiger partial charge in [0.15, 0.2) is 11.5 Å². The molecule has 1 heterocycles. The minimum atomic E-state index is -3.21. The zero-order valence-electron chi connectivity index (χ0n) is 14.7. The van der Waals surface area contributed by atoms with Gasteiger partial charge >= 0.3 is 0 Å². The lowest BCUT2D eigenvalue weighted by Gasteiger charge is -2.31. The van der Waals surface area contributed by atoms with Gasteiger partial charge in [0, 0.05) is 25.2 Å². The third-order valence-corrected chi connectivity index (χ3v) is 4.77. The van der Waals surface area contributed by atoms with Gasteiger partial charge in [0.1, 0.15) is 0 Å². The summed E-state index contributed by atoms with van der Waals surface area (Å²) in [5, 5.41) is 0. The first-order valence-corrected chi connectivity index (χ1v) is 9.88.